The monoisotopic (exact) mass is 222 g/mol. The normalized spacial score (nSPS) is 27.2. The average Bonchev–Trinajstić information content (AvgIpc) is 2.84. The zero-order valence-corrected chi connectivity index (χ0v) is 10.3. The minimum Gasteiger partial charge on any atom is -0.393 e. The first kappa shape index (κ1) is 11.6. The summed E-state index contributed by atoms with van der Waals surface area (Å²) >= 11 is 0. The van der Waals surface area contributed by atoms with Gasteiger partial charge in [-0.15, -0.1) is 0 Å². The highest BCUT2D eigenvalue weighted by molar-refractivity contribution is 5.00. The minimum atomic E-state index is -0.125. The standard InChI is InChI=1S/C13H22N2O/c1-10-3-4-11(9-10)13(16)6-5-12-7-8-14-15(12)2/h7-8,10-11,13,16H,3-6,9H2,1-2H3. The van der Waals surface area contributed by atoms with Crippen molar-refractivity contribution in [3.8, 4) is 0 Å². The summed E-state index contributed by atoms with van der Waals surface area (Å²) in [6, 6.07) is 2.03. The molecule has 3 unspecified atom stereocenters. The van der Waals surface area contributed by atoms with Crippen molar-refractivity contribution in [3.63, 3.8) is 0 Å². The van der Waals surface area contributed by atoms with Crippen LogP contribution in [0.1, 0.15) is 38.3 Å². The summed E-state index contributed by atoms with van der Waals surface area (Å²) in [5.74, 6) is 1.33. The van der Waals surface area contributed by atoms with E-state index in [0.717, 1.165) is 18.8 Å². The second kappa shape index (κ2) is 5.00. The van der Waals surface area contributed by atoms with E-state index in [2.05, 4.69) is 12.0 Å². The quantitative estimate of drug-likeness (QED) is 0.847. The summed E-state index contributed by atoms with van der Waals surface area (Å²) in [5.41, 5.74) is 1.21. The third kappa shape index (κ3) is 2.64. The Hall–Kier alpha value is -0.830. The van der Waals surface area contributed by atoms with E-state index in [1.54, 1.807) is 0 Å². The lowest BCUT2D eigenvalue weighted by Crippen LogP contribution is -2.19. The Labute approximate surface area is 97.5 Å². The van der Waals surface area contributed by atoms with Crippen molar-refractivity contribution in [1.82, 2.24) is 9.78 Å². The number of aromatic nitrogens is 2. The SMILES string of the molecule is CC1CCC(C(O)CCc2ccnn2C)C1. The molecule has 1 aliphatic carbocycles. The molecule has 1 N–H and O–H groups in total. The molecule has 0 saturated heterocycles. The van der Waals surface area contributed by atoms with Crippen LogP contribution in [0.15, 0.2) is 12.3 Å². The molecule has 3 atom stereocenters. The lowest BCUT2D eigenvalue weighted by Gasteiger charge is -2.17. The van der Waals surface area contributed by atoms with Gasteiger partial charge in [-0.1, -0.05) is 13.3 Å². The molecule has 1 aromatic rings. The Morgan fingerprint density at radius 2 is 2.38 bits per heavy atom. The predicted molar refractivity (Wildman–Crippen MR) is 64.0 cm³/mol. The molecule has 0 aliphatic heterocycles. The Morgan fingerprint density at radius 3 is 2.94 bits per heavy atom. The molecular formula is C13H22N2O. The lowest BCUT2D eigenvalue weighted by atomic mass is 9.95. The van der Waals surface area contributed by atoms with Crippen molar-refractivity contribution in [3.05, 3.63) is 18.0 Å². The van der Waals surface area contributed by atoms with Crippen LogP contribution in [0, 0.1) is 11.8 Å². The molecule has 0 radical (unpaired) electrons. The Balaban J connectivity index is 1.80. The fourth-order valence-electron chi connectivity index (χ4n) is 2.78. The highest BCUT2D eigenvalue weighted by atomic mass is 16.3. The number of hydrogen-bond acceptors (Lipinski definition) is 2. The molecule has 1 aliphatic rings. The van der Waals surface area contributed by atoms with Crippen molar-refractivity contribution < 1.29 is 5.11 Å². The summed E-state index contributed by atoms with van der Waals surface area (Å²) in [5, 5.41) is 14.3. The maximum atomic E-state index is 10.1. The number of aliphatic hydroxyl groups is 1. The van der Waals surface area contributed by atoms with Crippen LogP contribution in [0.5, 0.6) is 0 Å². The van der Waals surface area contributed by atoms with E-state index in [-0.39, 0.29) is 6.10 Å². The van der Waals surface area contributed by atoms with E-state index >= 15 is 0 Å². The van der Waals surface area contributed by atoms with Gasteiger partial charge in [0.25, 0.3) is 0 Å². The van der Waals surface area contributed by atoms with E-state index in [0.29, 0.717) is 5.92 Å². The molecular weight excluding hydrogens is 200 g/mol. The minimum absolute atomic E-state index is 0.125. The third-order valence-electron chi connectivity index (χ3n) is 3.90. The fourth-order valence-corrected chi connectivity index (χ4v) is 2.78. The maximum Gasteiger partial charge on any atom is 0.0572 e. The van der Waals surface area contributed by atoms with Crippen LogP contribution in [0.3, 0.4) is 0 Å². The van der Waals surface area contributed by atoms with E-state index in [9.17, 15) is 5.11 Å². The van der Waals surface area contributed by atoms with E-state index in [4.69, 9.17) is 0 Å². The van der Waals surface area contributed by atoms with Crippen LogP contribution < -0.4 is 0 Å². The Bertz CT molecular complexity index is 334. The van der Waals surface area contributed by atoms with E-state index in [1.807, 2.05) is 24.0 Å². The summed E-state index contributed by atoms with van der Waals surface area (Å²) in [7, 11) is 1.96. The average molecular weight is 222 g/mol. The maximum absolute atomic E-state index is 10.1. The van der Waals surface area contributed by atoms with Gasteiger partial charge in [-0.2, -0.15) is 5.10 Å². The van der Waals surface area contributed by atoms with Crippen LogP contribution in [-0.2, 0) is 13.5 Å². The molecule has 1 heterocycles. The van der Waals surface area contributed by atoms with E-state index < -0.39 is 0 Å². The van der Waals surface area contributed by atoms with E-state index in [1.165, 1.54) is 25.0 Å². The summed E-state index contributed by atoms with van der Waals surface area (Å²) in [6.45, 7) is 2.29. The zero-order valence-electron chi connectivity index (χ0n) is 10.3. The van der Waals surface area contributed by atoms with Crippen LogP contribution in [0.25, 0.3) is 0 Å². The van der Waals surface area contributed by atoms with Gasteiger partial charge in [0.05, 0.1) is 6.10 Å². The van der Waals surface area contributed by atoms with Gasteiger partial charge >= 0.3 is 0 Å². The largest absolute Gasteiger partial charge is 0.393 e. The smallest absolute Gasteiger partial charge is 0.0572 e. The molecule has 0 amide bonds. The summed E-state index contributed by atoms with van der Waals surface area (Å²) in [4.78, 5) is 0. The zero-order chi connectivity index (χ0) is 11.5. The number of aryl methyl sites for hydroxylation is 2. The molecule has 3 nitrogen and oxygen atoms in total. The van der Waals surface area contributed by atoms with Gasteiger partial charge in [0, 0.05) is 18.9 Å². The van der Waals surface area contributed by atoms with Gasteiger partial charge in [-0.05, 0) is 43.6 Å². The highest BCUT2D eigenvalue weighted by Crippen LogP contribution is 2.33. The van der Waals surface area contributed by atoms with Crippen LogP contribution in [0.4, 0.5) is 0 Å². The third-order valence-corrected chi connectivity index (χ3v) is 3.90. The second-order valence-electron chi connectivity index (χ2n) is 5.23. The summed E-state index contributed by atoms with van der Waals surface area (Å²) < 4.78 is 1.89. The first-order chi connectivity index (χ1) is 7.66. The van der Waals surface area contributed by atoms with Gasteiger partial charge in [0.15, 0.2) is 0 Å². The first-order valence-electron chi connectivity index (χ1n) is 6.31. The van der Waals surface area contributed by atoms with Crippen molar-refractivity contribution in [2.75, 3.05) is 0 Å². The molecule has 3 heteroatoms. The fraction of sp³-hybridized carbons (Fsp3) is 0.769. The van der Waals surface area contributed by atoms with Gasteiger partial charge in [0.1, 0.15) is 0 Å². The van der Waals surface area contributed by atoms with Crippen molar-refractivity contribution in [2.45, 2.75) is 45.1 Å². The van der Waals surface area contributed by atoms with Crippen LogP contribution in [-0.4, -0.2) is 21.0 Å². The lowest BCUT2D eigenvalue weighted by molar-refractivity contribution is 0.0998. The molecule has 1 aromatic heterocycles. The molecule has 1 fully saturated rings. The van der Waals surface area contributed by atoms with Gasteiger partial charge in [-0.3, -0.25) is 4.68 Å². The molecule has 2 rings (SSSR count). The number of hydrogen-bond donors (Lipinski definition) is 1. The Kier molecular flexibility index (Phi) is 3.64. The molecule has 1 saturated carbocycles. The van der Waals surface area contributed by atoms with Gasteiger partial charge in [-0.25, -0.2) is 0 Å². The van der Waals surface area contributed by atoms with Crippen LogP contribution >= 0.6 is 0 Å². The van der Waals surface area contributed by atoms with Gasteiger partial charge in [0.2, 0.25) is 0 Å². The van der Waals surface area contributed by atoms with Crippen molar-refractivity contribution >= 4 is 0 Å². The molecule has 0 spiro atoms. The highest BCUT2D eigenvalue weighted by Gasteiger charge is 2.27. The van der Waals surface area contributed by atoms with Crippen molar-refractivity contribution in [2.24, 2.45) is 18.9 Å². The van der Waals surface area contributed by atoms with Crippen molar-refractivity contribution in [1.29, 1.82) is 0 Å². The molecule has 16 heavy (non-hydrogen) atoms. The van der Waals surface area contributed by atoms with Gasteiger partial charge < -0.3 is 5.11 Å². The molecule has 0 aromatic carbocycles. The predicted octanol–water partition coefficient (Wildman–Crippen LogP) is 2.15. The molecule has 90 valence electrons. The van der Waals surface area contributed by atoms with Crippen LogP contribution in [0.2, 0.25) is 0 Å². The topological polar surface area (TPSA) is 38.1 Å². The number of aliphatic hydroxyl groups excluding tert-OH is 1. The number of rotatable bonds is 4. The number of nitrogens with zero attached hydrogens (tertiary/aromatic N) is 2. The Morgan fingerprint density at radius 1 is 1.56 bits per heavy atom. The summed E-state index contributed by atoms with van der Waals surface area (Å²) in [6.07, 6.45) is 7.19. The first-order valence-corrected chi connectivity index (χ1v) is 6.31. The molecule has 0 bridgehead atoms. The second-order valence-corrected chi connectivity index (χ2v) is 5.23.